The Hall–Kier alpha value is -0.0800. The van der Waals surface area contributed by atoms with E-state index in [4.69, 9.17) is 5.73 Å². The standard InChI is InChI=1S/C15H32N2/c1-4-15(7-5-8-15)12-17-9-6-14(11-16)10-13(2)3/h13-14,17H,4-12,16H2,1-3H3. The Morgan fingerprint density at radius 3 is 2.41 bits per heavy atom. The first kappa shape index (κ1) is 15.0. The van der Waals surface area contributed by atoms with Gasteiger partial charge in [-0.25, -0.2) is 0 Å². The smallest absolute Gasteiger partial charge is 0.000770 e. The summed E-state index contributed by atoms with van der Waals surface area (Å²) < 4.78 is 0. The predicted molar refractivity (Wildman–Crippen MR) is 76.1 cm³/mol. The Morgan fingerprint density at radius 2 is 2.00 bits per heavy atom. The molecule has 0 bridgehead atoms. The van der Waals surface area contributed by atoms with Gasteiger partial charge in [0, 0.05) is 6.54 Å². The molecule has 1 saturated carbocycles. The van der Waals surface area contributed by atoms with E-state index in [1.165, 1.54) is 45.1 Å². The Labute approximate surface area is 108 Å². The van der Waals surface area contributed by atoms with Crippen LogP contribution in [0.1, 0.15) is 59.3 Å². The summed E-state index contributed by atoms with van der Waals surface area (Å²) in [4.78, 5) is 0. The van der Waals surface area contributed by atoms with Crippen LogP contribution in [0, 0.1) is 17.3 Å². The maximum absolute atomic E-state index is 5.82. The first-order chi connectivity index (χ1) is 8.12. The zero-order valence-electron chi connectivity index (χ0n) is 12.1. The number of hydrogen-bond donors (Lipinski definition) is 2. The predicted octanol–water partition coefficient (Wildman–Crippen LogP) is 3.17. The molecule has 2 heteroatoms. The topological polar surface area (TPSA) is 38.0 Å². The number of nitrogens with one attached hydrogen (secondary N) is 1. The molecule has 3 N–H and O–H groups in total. The molecule has 1 unspecified atom stereocenters. The minimum absolute atomic E-state index is 0.649. The lowest BCUT2D eigenvalue weighted by Gasteiger charge is -2.41. The average molecular weight is 240 g/mol. The Balaban J connectivity index is 2.09. The molecule has 0 aliphatic heterocycles. The highest BCUT2D eigenvalue weighted by Gasteiger charge is 2.34. The van der Waals surface area contributed by atoms with Gasteiger partial charge >= 0.3 is 0 Å². The van der Waals surface area contributed by atoms with Gasteiger partial charge in [0.15, 0.2) is 0 Å². The molecule has 0 aromatic heterocycles. The van der Waals surface area contributed by atoms with Crippen LogP contribution in [0.4, 0.5) is 0 Å². The summed E-state index contributed by atoms with van der Waals surface area (Å²) in [6.45, 7) is 10.1. The largest absolute Gasteiger partial charge is 0.330 e. The molecular weight excluding hydrogens is 208 g/mol. The first-order valence-corrected chi connectivity index (χ1v) is 7.52. The van der Waals surface area contributed by atoms with E-state index in [0.717, 1.165) is 19.0 Å². The monoisotopic (exact) mass is 240 g/mol. The van der Waals surface area contributed by atoms with Crippen LogP contribution in [0.3, 0.4) is 0 Å². The van der Waals surface area contributed by atoms with Gasteiger partial charge in [-0.05, 0) is 62.4 Å². The summed E-state index contributed by atoms with van der Waals surface area (Å²) >= 11 is 0. The van der Waals surface area contributed by atoms with E-state index in [1.54, 1.807) is 0 Å². The maximum Gasteiger partial charge on any atom is 0.000770 e. The summed E-state index contributed by atoms with van der Waals surface area (Å²) in [6.07, 6.45) is 8.16. The van der Waals surface area contributed by atoms with E-state index in [9.17, 15) is 0 Å². The van der Waals surface area contributed by atoms with Gasteiger partial charge in [-0.3, -0.25) is 0 Å². The average Bonchev–Trinajstić information content (AvgIpc) is 2.25. The third-order valence-corrected chi connectivity index (χ3v) is 4.53. The second kappa shape index (κ2) is 7.38. The van der Waals surface area contributed by atoms with Crippen molar-refractivity contribution >= 4 is 0 Å². The Morgan fingerprint density at radius 1 is 1.29 bits per heavy atom. The fraction of sp³-hybridized carbons (Fsp3) is 1.00. The van der Waals surface area contributed by atoms with Crippen molar-refractivity contribution in [3.05, 3.63) is 0 Å². The van der Waals surface area contributed by atoms with Crippen molar-refractivity contribution in [3.8, 4) is 0 Å². The summed E-state index contributed by atoms with van der Waals surface area (Å²) in [6, 6.07) is 0. The molecule has 17 heavy (non-hydrogen) atoms. The lowest BCUT2D eigenvalue weighted by molar-refractivity contribution is 0.123. The Kier molecular flexibility index (Phi) is 6.50. The normalized spacial score (nSPS) is 20.3. The molecule has 0 aromatic carbocycles. The molecule has 0 heterocycles. The third-order valence-electron chi connectivity index (χ3n) is 4.53. The van der Waals surface area contributed by atoms with Crippen LogP contribution in [-0.2, 0) is 0 Å². The lowest BCUT2D eigenvalue weighted by atomic mass is 9.67. The van der Waals surface area contributed by atoms with Gasteiger partial charge in [-0.1, -0.05) is 27.2 Å². The van der Waals surface area contributed by atoms with Gasteiger partial charge in [-0.2, -0.15) is 0 Å². The van der Waals surface area contributed by atoms with Crippen molar-refractivity contribution < 1.29 is 0 Å². The van der Waals surface area contributed by atoms with E-state index in [0.29, 0.717) is 11.3 Å². The van der Waals surface area contributed by atoms with Gasteiger partial charge < -0.3 is 11.1 Å². The van der Waals surface area contributed by atoms with Crippen LogP contribution in [-0.4, -0.2) is 19.6 Å². The zero-order chi connectivity index (χ0) is 12.7. The molecule has 0 radical (unpaired) electrons. The van der Waals surface area contributed by atoms with Crippen LogP contribution in [0.25, 0.3) is 0 Å². The van der Waals surface area contributed by atoms with Crippen molar-refractivity contribution in [1.82, 2.24) is 5.32 Å². The van der Waals surface area contributed by atoms with E-state index in [1.807, 2.05) is 0 Å². The van der Waals surface area contributed by atoms with Crippen molar-refractivity contribution in [3.63, 3.8) is 0 Å². The highest BCUT2D eigenvalue weighted by Crippen LogP contribution is 2.42. The SMILES string of the molecule is CCC1(CNCCC(CN)CC(C)C)CCC1. The van der Waals surface area contributed by atoms with Gasteiger partial charge in [0.2, 0.25) is 0 Å². The van der Waals surface area contributed by atoms with Crippen LogP contribution in [0.5, 0.6) is 0 Å². The zero-order valence-corrected chi connectivity index (χ0v) is 12.1. The molecule has 1 aliphatic rings. The fourth-order valence-electron chi connectivity index (χ4n) is 2.99. The second-order valence-electron chi connectivity index (χ2n) is 6.40. The fourth-order valence-corrected chi connectivity index (χ4v) is 2.99. The summed E-state index contributed by atoms with van der Waals surface area (Å²) in [7, 11) is 0. The summed E-state index contributed by atoms with van der Waals surface area (Å²) in [5, 5.41) is 3.66. The number of rotatable bonds is 9. The summed E-state index contributed by atoms with van der Waals surface area (Å²) in [5.74, 6) is 1.48. The van der Waals surface area contributed by atoms with Gasteiger partial charge in [0.05, 0.1) is 0 Å². The molecule has 1 atom stereocenters. The minimum atomic E-state index is 0.649. The van der Waals surface area contributed by atoms with E-state index < -0.39 is 0 Å². The Bertz CT molecular complexity index is 192. The van der Waals surface area contributed by atoms with Crippen LogP contribution in [0.2, 0.25) is 0 Å². The molecule has 1 rings (SSSR count). The van der Waals surface area contributed by atoms with Crippen molar-refractivity contribution in [2.24, 2.45) is 23.0 Å². The van der Waals surface area contributed by atoms with Crippen LogP contribution >= 0.6 is 0 Å². The minimum Gasteiger partial charge on any atom is -0.330 e. The molecule has 1 aliphatic carbocycles. The van der Waals surface area contributed by atoms with Crippen LogP contribution in [0.15, 0.2) is 0 Å². The molecule has 1 fully saturated rings. The van der Waals surface area contributed by atoms with E-state index in [2.05, 4.69) is 26.1 Å². The van der Waals surface area contributed by atoms with Crippen molar-refractivity contribution in [2.75, 3.05) is 19.6 Å². The third kappa shape index (κ3) is 4.97. The first-order valence-electron chi connectivity index (χ1n) is 7.52. The highest BCUT2D eigenvalue weighted by atomic mass is 14.9. The molecule has 0 saturated heterocycles. The van der Waals surface area contributed by atoms with Gasteiger partial charge in [0.1, 0.15) is 0 Å². The summed E-state index contributed by atoms with van der Waals surface area (Å²) in [5.41, 5.74) is 6.47. The molecule has 0 aromatic rings. The van der Waals surface area contributed by atoms with E-state index in [-0.39, 0.29) is 0 Å². The molecule has 2 nitrogen and oxygen atoms in total. The molecular formula is C15H32N2. The quantitative estimate of drug-likeness (QED) is 0.608. The number of nitrogens with two attached hydrogens (primary N) is 1. The van der Waals surface area contributed by atoms with Gasteiger partial charge in [0.25, 0.3) is 0 Å². The van der Waals surface area contributed by atoms with E-state index >= 15 is 0 Å². The number of hydrogen-bond acceptors (Lipinski definition) is 2. The van der Waals surface area contributed by atoms with Crippen LogP contribution < -0.4 is 11.1 Å². The lowest BCUT2D eigenvalue weighted by Crippen LogP contribution is -2.40. The molecule has 0 amide bonds. The van der Waals surface area contributed by atoms with Crippen molar-refractivity contribution in [1.29, 1.82) is 0 Å². The highest BCUT2D eigenvalue weighted by molar-refractivity contribution is 4.88. The second-order valence-corrected chi connectivity index (χ2v) is 6.40. The van der Waals surface area contributed by atoms with Gasteiger partial charge in [-0.15, -0.1) is 0 Å². The molecule has 0 spiro atoms. The maximum atomic E-state index is 5.82. The van der Waals surface area contributed by atoms with Crippen molar-refractivity contribution in [2.45, 2.75) is 59.3 Å². The molecule has 102 valence electrons.